The number of hydrogen-bond acceptors (Lipinski definition) is 3. The van der Waals surface area contributed by atoms with Gasteiger partial charge in [0.25, 0.3) is 5.91 Å². The maximum absolute atomic E-state index is 13.2. The molecule has 4 nitrogen and oxygen atoms in total. The Morgan fingerprint density at radius 2 is 1.62 bits per heavy atom. The molecule has 4 heteroatoms. The van der Waals surface area contributed by atoms with Crippen molar-refractivity contribution in [2.24, 2.45) is 0 Å². The summed E-state index contributed by atoms with van der Waals surface area (Å²) in [6, 6.07) is 18.2. The van der Waals surface area contributed by atoms with Gasteiger partial charge in [0.1, 0.15) is 11.5 Å². The van der Waals surface area contributed by atoms with E-state index in [4.69, 9.17) is 9.47 Å². The van der Waals surface area contributed by atoms with Crippen LogP contribution >= 0.6 is 0 Å². The van der Waals surface area contributed by atoms with Crippen molar-refractivity contribution < 1.29 is 14.3 Å². The molecule has 1 amide bonds. The van der Waals surface area contributed by atoms with Crippen LogP contribution in [-0.4, -0.2) is 38.1 Å². The summed E-state index contributed by atoms with van der Waals surface area (Å²) < 4.78 is 11.0. The van der Waals surface area contributed by atoms with Gasteiger partial charge in [-0.25, -0.2) is 0 Å². The van der Waals surface area contributed by atoms with Crippen LogP contribution < -0.4 is 9.47 Å². The lowest BCUT2D eigenvalue weighted by Crippen LogP contribution is -2.31. The fourth-order valence-electron chi connectivity index (χ4n) is 3.42. The van der Waals surface area contributed by atoms with Crippen LogP contribution in [0.5, 0.6) is 11.5 Å². The molecule has 0 aliphatic heterocycles. The number of carbonyl (C=O) groups is 1. The van der Waals surface area contributed by atoms with Crippen LogP contribution in [0.15, 0.2) is 54.6 Å². The van der Waals surface area contributed by atoms with Gasteiger partial charge < -0.3 is 14.4 Å². The highest BCUT2D eigenvalue weighted by atomic mass is 16.5. The SMILES string of the molecule is CCN(CC)C(=O)c1c(/C=C/c2ccc3ccccc3c2)cc(OC)cc1OC. The molecule has 3 aromatic carbocycles. The van der Waals surface area contributed by atoms with Crippen molar-refractivity contribution in [3.63, 3.8) is 0 Å². The monoisotopic (exact) mass is 389 g/mol. The molecule has 0 aromatic heterocycles. The quantitative estimate of drug-likeness (QED) is 0.500. The molecule has 0 radical (unpaired) electrons. The van der Waals surface area contributed by atoms with Crippen molar-refractivity contribution in [2.75, 3.05) is 27.3 Å². The molecule has 0 aliphatic carbocycles. The van der Waals surface area contributed by atoms with Gasteiger partial charge in [-0.05, 0) is 47.9 Å². The van der Waals surface area contributed by atoms with Crippen LogP contribution in [0.2, 0.25) is 0 Å². The Kier molecular flexibility index (Phi) is 6.55. The van der Waals surface area contributed by atoms with Crippen molar-refractivity contribution in [1.29, 1.82) is 0 Å². The van der Waals surface area contributed by atoms with Crippen molar-refractivity contribution in [3.05, 3.63) is 71.3 Å². The molecule has 0 atom stereocenters. The van der Waals surface area contributed by atoms with E-state index in [1.165, 1.54) is 10.8 Å². The van der Waals surface area contributed by atoms with Gasteiger partial charge in [-0.1, -0.05) is 48.6 Å². The van der Waals surface area contributed by atoms with Crippen LogP contribution in [0.1, 0.15) is 35.3 Å². The molecule has 0 aliphatic rings. The lowest BCUT2D eigenvalue weighted by Gasteiger charge is -2.22. The average molecular weight is 389 g/mol. The summed E-state index contributed by atoms with van der Waals surface area (Å²) in [5, 5.41) is 2.38. The van der Waals surface area contributed by atoms with E-state index in [9.17, 15) is 4.79 Å². The summed E-state index contributed by atoms with van der Waals surface area (Å²) in [5.41, 5.74) is 2.38. The van der Waals surface area contributed by atoms with Gasteiger partial charge in [-0.15, -0.1) is 0 Å². The highest BCUT2D eigenvalue weighted by molar-refractivity contribution is 6.01. The molecule has 0 bridgehead atoms. The molecule has 0 heterocycles. The van der Waals surface area contributed by atoms with E-state index >= 15 is 0 Å². The third kappa shape index (κ3) is 4.43. The maximum Gasteiger partial charge on any atom is 0.258 e. The molecule has 0 unspecified atom stereocenters. The molecule has 3 rings (SSSR count). The largest absolute Gasteiger partial charge is 0.497 e. The van der Waals surface area contributed by atoms with E-state index < -0.39 is 0 Å². The number of benzene rings is 3. The summed E-state index contributed by atoms with van der Waals surface area (Å²) >= 11 is 0. The highest BCUT2D eigenvalue weighted by Crippen LogP contribution is 2.31. The van der Waals surface area contributed by atoms with Gasteiger partial charge in [0.05, 0.1) is 19.8 Å². The minimum Gasteiger partial charge on any atom is -0.497 e. The Bertz CT molecular complexity index is 1040. The van der Waals surface area contributed by atoms with Crippen molar-refractivity contribution >= 4 is 28.8 Å². The minimum absolute atomic E-state index is 0.0485. The molecule has 150 valence electrons. The molecule has 0 N–H and O–H groups in total. The Balaban J connectivity index is 2.07. The lowest BCUT2D eigenvalue weighted by atomic mass is 10.0. The third-order valence-electron chi connectivity index (χ3n) is 5.06. The minimum atomic E-state index is -0.0485. The predicted octanol–water partition coefficient (Wildman–Crippen LogP) is 5.51. The Morgan fingerprint density at radius 1 is 0.897 bits per heavy atom. The molecule has 3 aromatic rings. The maximum atomic E-state index is 13.2. The van der Waals surface area contributed by atoms with E-state index in [-0.39, 0.29) is 5.91 Å². The molecule has 0 fully saturated rings. The first-order valence-electron chi connectivity index (χ1n) is 9.83. The molecular formula is C25H27NO3. The predicted molar refractivity (Wildman–Crippen MR) is 120 cm³/mol. The zero-order valence-electron chi connectivity index (χ0n) is 17.4. The summed E-state index contributed by atoms with van der Waals surface area (Å²) in [6.07, 6.45) is 3.96. The first-order valence-corrected chi connectivity index (χ1v) is 9.83. The molecule has 29 heavy (non-hydrogen) atoms. The summed E-state index contributed by atoms with van der Waals surface area (Å²) in [5.74, 6) is 1.11. The smallest absolute Gasteiger partial charge is 0.258 e. The second kappa shape index (κ2) is 9.28. The molecular weight excluding hydrogens is 362 g/mol. The van der Waals surface area contributed by atoms with Crippen molar-refractivity contribution in [3.8, 4) is 11.5 Å². The van der Waals surface area contributed by atoms with Crippen LogP contribution in [0.3, 0.4) is 0 Å². The van der Waals surface area contributed by atoms with Crippen LogP contribution in [0.25, 0.3) is 22.9 Å². The lowest BCUT2D eigenvalue weighted by molar-refractivity contribution is 0.0769. The molecule has 0 saturated carbocycles. The number of nitrogens with zero attached hydrogens (tertiary/aromatic N) is 1. The zero-order chi connectivity index (χ0) is 20.8. The van der Waals surface area contributed by atoms with Gasteiger partial charge in [-0.3, -0.25) is 4.79 Å². The van der Waals surface area contributed by atoms with E-state index in [2.05, 4.69) is 30.3 Å². The van der Waals surface area contributed by atoms with E-state index in [1.807, 2.05) is 44.2 Å². The number of methoxy groups -OCH3 is 2. The van der Waals surface area contributed by atoms with Gasteiger partial charge in [-0.2, -0.15) is 0 Å². The normalized spacial score (nSPS) is 11.0. The van der Waals surface area contributed by atoms with Gasteiger partial charge in [0.2, 0.25) is 0 Å². The second-order valence-electron chi connectivity index (χ2n) is 6.71. The Hall–Kier alpha value is -3.27. The first kappa shape index (κ1) is 20.5. The fraction of sp³-hybridized carbons (Fsp3) is 0.240. The van der Waals surface area contributed by atoms with Gasteiger partial charge >= 0.3 is 0 Å². The summed E-state index contributed by atoms with van der Waals surface area (Å²) in [4.78, 5) is 15.0. The first-order chi connectivity index (χ1) is 14.1. The number of ether oxygens (including phenoxy) is 2. The van der Waals surface area contributed by atoms with Gasteiger partial charge in [0.15, 0.2) is 0 Å². The fourth-order valence-corrected chi connectivity index (χ4v) is 3.42. The van der Waals surface area contributed by atoms with Crippen LogP contribution in [0.4, 0.5) is 0 Å². The molecule has 0 saturated heterocycles. The number of hydrogen-bond donors (Lipinski definition) is 0. The standard InChI is InChI=1S/C25H27NO3/c1-5-26(6-2)25(27)24-21(16-22(28-3)17-23(24)29-4)14-12-18-11-13-19-9-7-8-10-20(19)15-18/h7-17H,5-6H2,1-4H3/b14-12+. The number of carbonyl (C=O) groups excluding carboxylic acids is 1. The van der Waals surface area contributed by atoms with Crippen LogP contribution in [-0.2, 0) is 0 Å². The summed E-state index contributed by atoms with van der Waals surface area (Å²) in [6.45, 7) is 5.22. The van der Waals surface area contributed by atoms with Crippen molar-refractivity contribution in [2.45, 2.75) is 13.8 Å². The number of fused-ring (bicyclic) bond motifs is 1. The van der Waals surface area contributed by atoms with Gasteiger partial charge in [0, 0.05) is 19.2 Å². The molecule has 0 spiro atoms. The Labute approximate surface area is 172 Å². The van der Waals surface area contributed by atoms with E-state index in [1.54, 1.807) is 25.2 Å². The van der Waals surface area contributed by atoms with Crippen LogP contribution in [0, 0.1) is 0 Å². The Morgan fingerprint density at radius 3 is 2.28 bits per heavy atom. The summed E-state index contributed by atoms with van der Waals surface area (Å²) in [7, 11) is 3.18. The topological polar surface area (TPSA) is 38.8 Å². The van der Waals surface area contributed by atoms with E-state index in [0.717, 1.165) is 11.1 Å². The zero-order valence-corrected chi connectivity index (χ0v) is 17.4. The highest BCUT2D eigenvalue weighted by Gasteiger charge is 2.21. The average Bonchev–Trinajstić information content (AvgIpc) is 2.77. The number of rotatable bonds is 7. The van der Waals surface area contributed by atoms with E-state index in [0.29, 0.717) is 30.2 Å². The number of amides is 1. The third-order valence-corrected chi connectivity index (χ3v) is 5.06. The second-order valence-corrected chi connectivity index (χ2v) is 6.71. The van der Waals surface area contributed by atoms with Crippen molar-refractivity contribution in [1.82, 2.24) is 4.90 Å².